The van der Waals surface area contributed by atoms with Crippen LogP contribution in [0.1, 0.15) is 29.3 Å². The molecule has 2 aromatic rings. The smallest absolute Gasteiger partial charge is 0.321 e. The Kier molecular flexibility index (Phi) is 5.68. The Bertz CT molecular complexity index is 844. The highest BCUT2D eigenvalue weighted by atomic mass is 35.5. The Hall–Kier alpha value is -2.57. The van der Waals surface area contributed by atoms with Gasteiger partial charge in [0.2, 0.25) is 0 Å². The van der Waals surface area contributed by atoms with E-state index in [1.807, 2.05) is 37.3 Å². The van der Waals surface area contributed by atoms with E-state index < -0.39 is 5.60 Å². The number of amides is 3. The van der Waals surface area contributed by atoms with Crippen LogP contribution in [-0.2, 0) is 5.60 Å². The van der Waals surface area contributed by atoms with Crippen LogP contribution in [0.3, 0.4) is 0 Å². The van der Waals surface area contributed by atoms with E-state index in [9.17, 15) is 14.7 Å². The minimum absolute atomic E-state index is 0.216. The number of aliphatic hydroxyl groups is 1. The van der Waals surface area contributed by atoms with Crippen LogP contribution in [0.5, 0.6) is 0 Å². The van der Waals surface area contributed by atoms with Crippen molar-refractivity contribution in [2.75, 3.05) is 25.0 Å². The number of carbonyl (C=O) groups excluding carboxylic acids is 2. The summed E-state index contributed by atoms with van der Waals surface area (Å²) in [6.07, 6.45) is 0.474. The third-order valence-corrected chi connectivity index (χ3v) is 4.96. The summed E-state index contributed by atoms with van der Waals surface area (Å²) in [5, 5.41) is 16.6. The molecule has 1 heterocycles. The molecule has 3 N–H and O–H groups in total. The molecule has 27 heavy (non-hydrogen) atoms. The van der Waals surface area contributed by atoms with Crippen LogP contribution < -0.4 is 10.6 Å². The first-order valence-corrected chi connectivity index (χ1v) is 9.22. The number of urea groups is 1. The summed E-state index contributed by atoms with van der Waals surface area (Å²) in [7, 11) is 0. The van der Waals surface area contributed by atoms with Crippen LogP contribution in [0.25, 0.3) is 0 Å². The van der Waals surface area contributed by atoms with Crippen molar-refractivity contribution in [3.05, 3.63) is 64.7 Å². The molecule has 2 aromatic carbocycles. The summed E-state index contributed by atoms with van der Waals surface area (Å²) < 4.78 is 0. The van der Waals surface area contributed by atoms with Gasteiger partial charge in [0.15, 0.2) is 0 Å². The summed E-state index contributed by atoms with van der Waals surface area (Å²) in [6, 6.07) is 13.8. The first-order chi connectivity index (χ1) is 12.9. The van der Waals surface area contributed by atoms with Gasteiger partial charge in [0, 0.05) is 18.8 Å². The molecule has 142 valence electrons. The molecule has 1 atom stereocenters. The van der Waals surface area contributed by atoms with Crippen molar-refractivity contribution in [1.29, 1.82) is 0 Å². The standard InChI is InChI=1S/C20H22ClN3O3/c1-2-22-18(25)16-9-8-15(12-17(16)21)23-19(26)24-11-10-20(27,13-24)14-6-4-3-5-7-14/h3-9,12,27H,2,10-11,13H2,1H3,(H,22,25)(H,23,26). The zero-order valence-electron chi connectivity index (χ0n) is 15.0. The van der Waals surface area contributed by atoms with Gasteiger partial charge in [-0.05, 0) is 37.1 Å². The zero-order chi connectivity index (χ0) is 19.4. The lowest BCUT2D eigenvalue weighted by Gasteiger charge is -2.24. The van der Waals surface area contributed by atoms with Crippen LogP contribution >= 0.6 is 11.6 Å². The highest BCUT2D eigenvalue weighted by molar-refractivity contribution is 6.34. The second-order valence-corrected chi connectivity index (χ2v) is 6.96. The van der Waals surface area contributed by atoms with Crippen molar-refractivity contribution in [3.8, 4) is 0 Å². The van der Waals surface area contributed by atoms with E-state index in [0.717, 1.165) is 5.56 Å². The van der Waals surface area contributed by atoms with Gasteiger partial charge >= 0.3 is 6.03 Å². The molecule has 3 rings (SSSR count). The fraction of sp³-hybridized carbons (Fsp3) is 0.300. The zero-order valence-corrected chi connectivity index (χ0v) is 15.8. The third-order valence-electron chi connectivity index (χ3n) is 4.65. The Labute approximate surface area is 163 Å². The molecule has 0 saturated carbocycles. The first-order valence-electron chi connectivity index (χ1n) is 8.84. The topological polar surface area (TPSA) is 81.7 Å². The normalized spacial score (nSPS) is 19.0. The molecule has 0 aliphatic carbocycles. The number of benzene rings is 2. The van der Waals surface area contributed by atoms with E-state index in [1.54, 1.807) is 23.1 Å². The predicted octanol–water partition coefficient (Wildman–Crippen LogP) is 3.22. The molecule has 1 fully saturated rings. The van der Waals surface area contributed by atoms with Crippen LogP contribution in [-0.4, -0.2) is 41.6 Å². The molecule has 0 aromatic heterocycles. The molecule has 0 radical (unpaired) electrons. The Balaban J connectivity index is 1.66. The van der Waals surface area contributed by atoms with Crippen LogP contribution in [0.4, 0.5) is 10.5 Å². The summed E-state index contributed by atoms with van der Waals surface area (Å²) >= 11 is 6.16. The second-order valence-electron chi connectivity index (χ2n) is 6.55. The van der Waals surface area contributed by atoms with Crippen molar-refractivity contribution in [2.45, 2.75) is 18.9 Å². The van der Waals surface area contributed by atoms with Gasteiger partial charge in [-0.15, -0.1) is 0 Å². The van der Waals surface area contributed by atoms with Crippen LogP contribution in [0.2, 0.25) is 5.02 Å². The van der Waals surface area contributed by atoms with Crippen molar-refractivity contribution in [2.24, 2.45) is 0 Å². The maximum atomic E-state index is 12.5. The molecule has 3 amide bonds. The monoisotopic (exact) mass is 387 g/mol. The quantitative estimate of drug-likeness (QED) is 0.753. The number of nitrogens with one attached hydrogen (secondary N) is 2. The van der Waals surface area contributed by atoms with Gasteiger partial charge in [0.1, 0.15) is 5.60 Å². The summed E-state index contributed by atoms with van der Waals surface area (Å²) in [5.41, 5.74) is 0.609. The minimum atomic E-state index is -1.04. The van der Waals surface area contributed by atoms with Crippen LogP contribution in [0.15, 0.2) is 48.5 Å². The molecule has 1 aliphatic rings. The molecular formula is C20H22ClN3O3. The number of rotatable bonds is 4. The Morgan fingerprint density at radius 3 is 2.63 bits per heavy atom. The lowest BCUT2D eigenvalue weighted by atomic mass is 9.93. The van der Waals surface area contributed by atoms with E-state index in [0.29, 0.717) is 30.8 Å². The lowest BCUT2D eigenvalue weighted by molar-refractivity contribution is 0.0500. The highest BCUT2D eigenvalue weighted by Gasteiger charge is 2.39. The van der Waals surface area contributed by atoms with Gasteiger partial charge in [0.05, 0.1) is 17.1 Å². The molecule has 1 saturated heterocycles. The second kappa shape index (κ2) is 7.98. The first kappa shape index (κ1) is 19.2. The number of halogens is 1. The van der Waals surface area contributed by atoms with Crippen molar-refractivity contribution >= 4 is 29.2 Å². The molecule has 1 aliphatic heterocycles. The molecular weight excluding hydrogens is 366 g/mol. The van der Waals surface area contributed by atoms with Gasteiger partial charge in [-0.3, -0.25) is 4.79 Å². The average Bonchev–Trinajstić information content (AvgIpc) is 3.06. The van der Waals surface area contributed by atoms with E-state index in [-0.39, 0.29) is 23.5 Å². The van der Waals surface area contributed by atoms with E-state index in [2.05, 4.69) is 10.6 Å². The van der Waals surface area contributed by atoms with E-state index in [1.165, 1.54) is 0 Å². The van der Waals surface area contributed by atoms with Gasteiger partial charge in [-0.1, -0.05) is 41.9 Å². The Morgan fingerprint density at radius 2 is 1.96 bits per heavy atom. The van der Waals surface area contributed by atoms with E-state index in [4.69, 9.17) is 11.6 Å². The molecule has 6 nitrogen and oxygen atoms in total. The maximum Gasteiger partial charge on any atom is 0.321 e. The third kappa shape index (κ3) is 4.23. The SMILES string of the molecule is CCNC(=O)c1ccc(NC(=O)N2CCC(O)(c3ccccc3)C2)cc1Cl. The molecule has 7 heteroatoms. The summed E-state index contributed by atoms with van der Waals surface area (Å²) in [5.74, 6) is -0.257. The summed E-state index contributed by atoms with van der Waals surface area (Å²) in [6.45, 7) is 3.00. The lowest BCUT2D eigenvalue weighted by Crippen LogP contribution is -2.37. The fourth-order valence-corrected chi connectivity index (χ4v) is 3.45. The molecule has 0 spiro atoms. The van der Waals surface area contributed by atoms with Gasteiger partial charge in [-0.25, -0.2) is 4.79 Å². The minimum Gasteiger partial charge on any atom is -0.383 e. The largest absolute Gasteiger partial charge is 0.383 e. The molecule has 0 bridgehead atoms. The van der Waals surface area contributed by atoms with Gasteiger partial charge < -0.3 is 20.6 Å². The fourth-order valence-electron chi connectivity index (χ4n) is 3.19. The van der Waals surface area contributed by atoms with Gasteiger partial charge in [-0.2, -0.15) is 0 Å². The van der Waals surface area contributed by atoms with Crippen molar-refractivity contribution < 1.29 is 14.7 Å². The number of anilines is 1. The van der Waals surface area contributed by atoms with E-state index >= 15 is 0 Å². The molecule has 1 unspecified atom stereocenters. The van der Waals surface area contributed by atoms with Crippen molar-refractivity contribution in [3.63, 3.8) is 0 Å². The highest BCUT2D eigenvalue weighted by Crippen LogP contribution is 2.32. The average molecular weight is 388 g/mol. The number of β-amino-alcohol motifs (C(OH)–C–C–N with tert-alkyl or cyclic N) is 1. The summed E-state index contributed by atoms with van der Waals surface area (Å²) in [4.78, 5) is 26.0. The van der Waals surface area contributed by atoms with Crippen LogP contribution in [0, 0.1) is 0 Å². The Morgan fingerprint density at radius 1 is 1.22 bits per heavy atom. The number of likely N-dealkylation sites (tertiary alicyclic amines) is 1. The number of carbonyl (C=O) groups is 2. The predicted molar refractivity (Wildman–Crippen MR) is 105 cm³/mol. The number of hydrogen-bond donors (Lipinski definition) is 3. The van der Waals surface area contributed by atoms with Crippen molar-refractivity contribution in [1.82, 2.24) is 10.2 Å². The maximum absolute atomic E-state index is 12.5. The number of nitrogens with zero attached hydrogens (tertiary/aromatic N) is 1. The van der Waals surface area contributed by atoms with Gasteiger partial charge in [0.25, 0.3) is 5.91 Å². The number of hydrogen-bond acceptors (Lipinski definition) is 3.